The van der Waals surface area contributed by atoms with Gasteiger partial charge in [0.2, 0.25) is 0 Å². The van der Waals surface area contributed by atoms with Gasteiger partial charge < -0.3 is 5.73 Å². The van der Waals surface area contributed by atoms with Crippen molar-refractivity contribution < 1.29 is 4.79 Å². The van der Waals surface area contributed by atoms with Crippen LogP contribution in [0, 0.1) is 17.2 Å². The normalized spacial score (nSPS) is 26.7. The second-order valence-corrected chi connectivity index (χ2v) is 7.44. The van der Waals surface area contributed by atoms with Crippen molar-refractivity contribution in [3.05, 3.63) is 23.9 Å². The first-order valence-corrected chi connectivity index (χ1v) is 9.52. The van der Waals surface area contributed by atoms with Gasteiger partial charge in [0.15, 0.2) is 5.78 Å². The Labute approximate surface area is 148 Å². The molecule has 0 aromatic carbocycles. The van der Waals surface area contributed by atoms with Crippen LogP contribution in [-0.4, -0.2) is 34.6 Å². The summed E-state index contributed by atoms with van der Waals surface area (Å²) in [6.45, 7) is 6.19. The number of nitriles is 1. The predicted octanol–water partition coefficient (Wildman–Crippen LogP) is 1.83. The van der Waals surface area contributed by atoms with Crippen molar-refractivity contribution in [2.45, 2.75) is 50.7 Å². The van der Waals surface area contributed by atoms with Gasteiger partial charge in [0, 0.05) is 12.2 Å². The molecule has 2 unspecified atom stereocenters. The molecule has 0 radical (unpaired) electrons. The molecular weight excluding hydrogens is 322 g/mol. The number of allylic oxidation sites excluding steroid dienone is 2. The van der Waals surface area contributed by atoms with Crippen LogP contribution in [0.15, 0.2) is 23.9 Å². The van der Waals surface area contributed by atoms with Gasteiger partial charge in [0.05, 0.1) is 11.9 Å². The van der Waals surface area contributed by atoms with Crippen molar-refractivity contribution in [3.63, 3.8) is 0 Å². The molecule has 0 amide bonds. The Hall–Kier alpha value is -1.33. The summed E-state index contributed by atoms with van der Waals surface area (Å²) >= 11 is 1.48. The minimum atomic E-state index is -0.219. The summed E-state index contributed by atoms with van der Waals surface area (Å²) in [6.07, 6.45) is 8.52. The summed E-state index contributed by atoms with van der Waals surface area (Å²) in [5.41, 5.74) is 12.6. The third-order valence-electron chi connectivity index (χ3n) is 4.61. The van der Waals surface area contributed by atoms with Crippen LogP contribution in [0.3, 0.4) is 0 Å². The number of thioether (sulfide) groups is 1. The van der Waals surface area contributed by atoms with Gasteiger partial charge in [-0.1, -0.05) is 25.3 Å². The Kier molecular flexibility index (Phi) is 7.31. The summed E-state index contributed by atoms with van der Waals surface area (Å²) in [7, 11) is 0. The first-order valence-electron chi connectivity index (χ1n) is 8.47. The number of nitrogens with zero attached hydrogens (tertiary/aromatic N) is 2. The second-order valence-electron chi connectivity index (χ2n) is 6.37. The molecule has 24 heavy (non-hydrogen) atoms. The zero-order chi connectivity index (χ0) is 17.5. The van der Waals surface area contributed by atoms with Crippen molar-refractivity contribution in [2.75, 3.05) is 12.3 Å². The van der Waals surface area contributed by atoms with Crippen LogP contribution in [0.4, 0.5) is 0 Å². The smallest absolute Gasteiger partial charge is 0.185 e. The van der Waals surface area contributed by atoms with Gasteiger partial charge >= 0.3 is 0 Å². The number of hydrazine groups is 1. The van der Waals surface area contributed by atoms with E-state index >= 15 is 0 Å². The van der Waals surface area contributed by atoms with Crippen LogP contribution in [0.25, 0.3) is 0 Å². The van der Waals surface area contributed by atoms with Crippen LogP contribution in [0.1, 0.15) is 39.0 Å². The minimum absolute atomic E-state index is 0.0168. The van der Waals surface area contributed by atoms with Crippen molar-refractivity contribution in [3.8, 4) is 6.07 Å². The summed E-state index contributed by atoms with van der Waals surface area (Å²) in [6, 6.07) is 1.90. The number of Topliss-reactive ketones (excluding diaryl/α,β-unsaturated/α-hetero) is 1. The van der Waals surface area contributed by atoms with E-state index in [1.165, 1.54) is 43.9 Å². The van der Waals surface area contributed by atoms with Gasteiger partial charge in [-0.3, -0.25) is 9.69 Å². The fourth-order valence-corrected chi connectivity index (χ4v) is 4.41. The third-order valence-corrected chi connectivity index (χ3v) is 5.74. The van der Waals surface area contributed by atoms with Crippen LogP contribution >= 0.6 is 11.8 Å². The van der Waals surface area contributed by atoms with Crippen LogP contribution in [0.2, 0.25) is 0 Å². The highest BCUT2D eigenvalue weighted by Crippen LogP contribution is 2.32. The Bertz CT molecular complexity index is 532. The molecule has 1 heterocycles. The van der Waals surface area contributed by atoms with Gasteiger partial charge in [-0.2, -0.15) is 5.26 Å². The monoisotopic (exact) mass is 349 g/mol. The molecule has 0 spiro atoms. The van der Waals surface area contributed by atoms with Gasteiger partial charge in [-0.15, -0.1) is 18.3 Å². The molecule has 132 valence electrons. The summed E-state index contributed by atoms with van der Waals surface area (Å²) in [4.78, 5) is 14.5. The highest BCUT2D eigenvalue weighted by Gasteiger charge is 2.37. The standard InChI is InChI=1S/C17H27N5OS/c1-3-9-22-16(13-7-5-4-6-8-13)20-21-17(22)24-11-15(23)14(10-18)12(2)19/h3,13,16-17,20-21H,1,4-9,11,19H2,2H3/b14-12-. The summed E-state index contributed by atoms with van der Waals surface area (Å²) in [5.74, 6) is 0.624. The van der Waals surface area contributed by atoms with E-state index < -0.39 is 0 Å². The molecular formula is C17H27N5OS. The van der Waals surface area contributed by atoms with E-state index in [-0.39, 0.29) is 34.5 Å². The average Bonchev–Trinajstić information content (AvgIpc) is 2.97. The van der Waals surface area contributed by atoms with E-state index in [1.807, 2.05) is 12.1 Å². The molecule has 2 rings (SSSR count). The van der Waals surface area contributed by atoms with Gasteiger partial charge in [0.1, 0.15) is 17.1 Å². The first kappa shape index (κ1) is 19.0. The molecule has 0 aromatic heterocycles. The second kappa shape index (κ2) is 9.23. The number of carbonyl (C=O) groups is 1. The Morgan fingerprint density at radius 1 is 1.42 bits per heavy atom. The Balaban J connectivity index is 1.97. The number of ketones is 1. The van der Waals surface area contributed by atoms with Crippen molar-refractivity contribution >= 4 is 17.5 Å². The summed E-state index contributed by atoms with van der Waals surface area (Å²) < 4.78 is 0. The molecule has 1 saturated carbocycles. The molecule has 1 aliphatic carbocycles. The van der Waals surface area contributed by atoms with Gasteiger partial charge in [0.25, 0.3) is 0 Å². The largest absolute Gasteiger partial charge is 0.401 e. The average molecular weight is 350 g/mol. The topological polar surface area (TPSA) is 94.2 Å². The van der Waals surface area contributed by atoms with Crippen LogP contribution < -0.4 is 16.6 Å². The maximum Gasteiger partial charge on any atom is 0.185 e. The molecule has 2 fully saturated rings. The lowest BCUT2D eigenvalue weighted by molar-refractivity contribution is -0.112. The lowest BCUT2D eigenvalue weighted by Crippen LogP contribution is -2.44. The molecule has 1 aliphatic heterocycles. The van der Waals surface area contributed by atoms with Crippen molar-refractivity contribution in [1.82, 2.24) is 15.8 Å². The fourth-order valence-electron chi connectivity index (χ4n) is 3.40. The SMILES string of the molecule is C=CCN1C(SCC(=O)/C(C#N)=C(/C)N)NNC1C1CCCCC1. The van der Waals surface area contributed by atoms with Gasteiger partial charge in [-0.25, -0.2) is 10.9 Å². The molecule has 6 nitrogen and oxygen atoms in total. The quantitative estimate of drug-likeness (QED) is 0.367. The van der Waals surface area contributed by atoms with Gasteiger partial charge in [-0.05, 0) is 25.7 Å². The molecule has 1 saturated heterocycles. The Morgan fingerprint density at radius 2 is 2.12 bits per heavy atom. The maximum atomic E-state index is 12.2. The highest BCUT2D eigenvalue weighted by atomic mass is 32.2. The highest BCUT2D eigenvalue weighted by molar-refractivity contribution is 8.00. The first-order chi connectivity index (χ1) is 11.6. The molecule has 4 N–H and O–H groups in total. The minimum Gasteiger partial charge on any atom is -0.401 e. The van der Waals surface area contributed by atoms with E-state index in [0.717, 1.165) is 6.54 Å². The number of carbonyl (C=O) groups excluding carboxylic acids is 1. The number of nitrogens with one attached hydrogen (secondary N) is 2. The lowest BCUT2D eigenvalue weighted by Gasteiger charge is -2.34. The number of nitrogens with two attached hydrogens (primary N) is 1. The molecule has 2 aliphatic rings. The molecule has 7 heteroatoms. The number of rotatable bonds is 7. The molecule has 0 aromatic rings. The van der Waals surface area contributed by atoms with E-state index in [9.17, 15) is 4.79 Å². The summed E-state index contributed by atoms with van der Waals surface area (Å²) in [5, 5.41) is 9.04. The fraction of sp³-hybridized carbons (Fsp3) is 0.647. The number of hydrogen-bond acceptors (Lipinski definition) is 7. The van der Waals surface area contributed by atoms with E-state index in [4.69, 9.17) is 11.0 Å². The maximum absolute atomic E-state index is 12.2. The number of hydrogen-bond donors (Lipinski definition) is 3. The predicted molar refractivity (Wildman–Crippen MR) is 97.3 cm³/mol. The van der Waals surface area contributed by atoms with E-state index in [1.54, 1.807) is 6.92 Å². The molecule has 2 atom stereocenters. The Morgan fingerprint density at radius 3 is 2.71 bits per heavy atom. The van der Waals surface area contributed by atoms with Crippen LogP contribution in [0.5, 0.6) is 0 Å². The lowest BCUT2D eigenvalue weighted by atomic mass is 9.87. The van der Waals surface area contributed by atoms with Crippen molar-refractivity contribution in [1.29, 1.82) is 5.26 Å². The molecule has 0 bridgehead atoms. The van der Waals surface area contributed by atoms with Crippen molar-refractivity contribution in [2.24, 2.45) is 11.7 Å². The van der Waals surface area contributed by atoms with Crippen LogP contribution in [-0.2, 0) is 4.79 Å². The van der Waals surface area contributed by atoms with E-state index in [0.29, 0.717) is 5.92 Å². The zero-order valence-corrected chi connectivity index (χ0v) is 15.1. The zero-order valence-electron chi connectivity index (χ0n) is 14.3. The third kappa shape index (κ3) is 4.61. The van der Waals surface area contributed by atoms with E-state index in [2.05, 4.69) is 22.3 Å².